The lowest BCUT2D eigenvalue weighted by molar-refractivity contribution is -0.128. The second-order valence-corrected chi connectivity index (χ2v) is 6.02. The normalized spacial score (nSPS) is 21.0. The maximum atomic E-state index is 12.5. The first-order valence-corrected chi connectivity index (χ1v) is 7.73. The summed E-state index contributed by atoms with van der Waals surface area (Å²) in [5.41, 5.74) is 6.77. The van der Waals surface area contributed by atoms with Crippen LogP contribution >= 0.6 is 0 Å². The number of aryl methyl sites for hydroxylation is 2. The summed E-state index contributed by atoms with van der Waals surface area (Å²) in [6, 6.07) is 0.788. The van der Waals surface area contributed by atoms with E-state index in [-0.39, 0.29) is 17.7 Å². The van der Waals surface area contributed by atoms with E-state index in [9.17, 15) is 9.59 Å². The molecular formula is C15H25N5O2. The van der Waals surface area contributed by atoms with E-state index < -0.39 is 12.1 Å². The largest absolute Gasteiger partial charge is 0.343 e. The number of rotatable bonds is 5. The van der Waals surface area contributed by atoms with Gasteiger partial charge in [0.05, 0.1) is 11.7 Å². The molecule has 7 heteroatoms. The molecule has 1 aromatic rings. The summed E-state index contributed by atoms with van der Waals surface area (Å²) in [7, 11) is 1.81. The zero-order valence-corrected chi connectivity index (χ0v) is 13.7. The number of nitrogens with two attached hydrogens (primary N) is 1. The molecule has 2 rings (SSSR count). The third kappa shape index (κ3) is 3.14. The smallest absolute Gasteiger partial charge is 0.250 e. The fourth-order valence-electron chi connectivity index (χ4n) is 2.67. The first-order chi connectivity index (χ1) is 10.3. The van der Waals surface area contributed by atoms with Crippen molar-refractivity contribution in [3.8, 4) is 0 Å². The number of aromatic nitrogens is 2. The summed E-state index contributed by atoms with van der Waals surface area (Å²) in [5.74, 6) is 0.487. The molecule has 2 heterocycles. The van der Waals surface area contributed by atoms with Gasteiger partial charge in [0, 0.05) is 19.7 Å². The van der Waals surface area contributed by atoms with Crippen molar-refractivity contribution in [1.82, 2.24) is 15.1 Å². The van der Waals surface area contributed by atoms with Gasteiger partial charge in [0.15, 0.2) is 0 Å². The molecule has 3 atom stereocenters. The Kier molecular flexibility index (Phi) is 4.85. The minimum absolute atomic E-state index is 0.0901. The van der Waals surface area contributed by atoms with Crippen LogP contribution in [0.3, 0.4) is 0 Å². The Balaban J connectivity index is 2.03. The van der Waals surface area contributed by atoms with Crippen LogP contribution in [-0.4, -0.2) is 40.2 Å². The quantitative estimate of drug-likeness (QED) is 0.819. The molecule has 2 amide bonds. The molecule has 0 bridgehead atoms. The second kappa shape index (κ2) is 6.48. The molecule has 1 fully saturated rings. The highest BCUT2D eigenvalue weighted by atomic mass is 16.2. The Morgan fingerprint density at radius 1 is 1.59 bits per heavy atom. The van der Waals surface area contributed by atoms with Crippen LogP contribution in [0.25, 0.3) is 0 Å². The molecule has 1 aliphatic rings. The van der Waals surface area contributed by atoms with E-state index in [4.69, 9.17) is 5.73 Å². The monoisotopic (exact) mass is 307 g/mol. The molecule has 0 aromatic carbocycles. The van der Waals surface area contributed by atoms with Crippen molar-refractivity contribution in [1.29, 1.82) is 0 Å². The van der Waals surface area contributed by atoms with E-state index in [1.807, 2.05) is 26.8 Å². The van der Waals surface area contributed by atoms with Crippen LogP contribution in [-0.2, 0) is 16.6 Å². The summed E-state index contributed by atoms with van der Waals surface area (Å²) in [4.78, 5) is 26.3. The number of hydrogen-bond acceptors (Lipinski definition) is 4. The topological polar surface area (TPSA) is 93.2 Å². The SMILES string of the molecule is CCC(C)C(N)C(=O)NC1CCN(c2cc(C)nn2C)C1=O. The van der Waals surface area contributed by atoms with Crippen molar-refractivity contribution in [2.45, 2.75) is 45.7 Å². The first-order valence-electron chi connectivity index (χ1n) is 7.73. The van der Waals surface area contributed by atoms with Gasteiger partial charge in [-0.25, -0.2) is 0 Å². The van der Waals surface area contributed by atoms with Crippen molar-refractivity contribution >= 4 is 17.6 Å². The van der Waals surface area contributed by atoms with Gasteiger partial charge in [-0.1, -0.05) is 20.3 Å². The molecule has 1 saturated heterocycles. The zero-order chi connectivity index (χ0) is 16.4. The Morgan fingerprint density at radius 2 is 2.27 bits per heavy atom. The van der Waals surface area contributed by atoms with E-state index in [0.29, 0.717) is 13.0 Å². The Morgan fingerprint density at radius 3 is 2.82 bits per heavy atom. The highest BCUT2D eigenvalue weighted by Gasteiger charge is 2.36. The van der Waals surface area contributed by atoms with Gasteiger partial charge in [0.2, 0.25) is 5.91 Å². The van der Waals surface area contributed by atoms with Crippen LogP contribution < -0.4 is 16.0 Å². The van der Waals surface area contributed by atoms with Crippen LogP contribution in [0.4, 0.5) is 5.82 Å². The second-order valence-electron chi connectivity index (χ2n) is 6.02. The average Bonchev–Trinajstić information content (AvgIpc) is 3.00. The molecule has 0 spiro atoms. The Bertz CT molecular complexity index is 568. The molecule has 3 unspecified atom stereocenters. The van der Waals surface area contributed by atoms with Crippen LogP contribution in [0.5, 0.6) is 0 Å². The Hall–Kier alpha value is -1.89. The van der Waals surface area contributed by atoms with Crippen LogP contribution in [0.1, 0.15) is 32.4 Å². The number of hydrogen-bond donors (Lipinski definition) is 2. The van der Waals surface area contributed by atoms with E-state index >= 15 is 0 Å². The molecule has 0 saturated carbocycles. The predicted octanol–water partition coefficient (Wildman–Crippen LogP) is 0.323. The van der Waals surface area contributed by atoms with Crippen LogP contribution in [0, 0.1) is 12.8 Å². The van der Waals surface area contributed by atoms with Gasteiger partial charge in [-0.05, 0) is 19.3 Å². The number of amides is 2. The number of carbonyl (C=O) groups is 2. The third-order valence-electron chi connectivity index (χ3n) is 4.34. The predicted molar refractivity (Wildman–Crippen MR) is 84.3 cm³/mol. The minimum atomic E-state index is -0.578. The van der Waals surface area contributed by atoms with Gasteiger partial charge < -0.3 is 11.1 Å². The Labute approximate surface area is 130 Å². The van der Waals surface area contributed by atoms with Gasteiger partial charge in [-0.3, -0.25) is 19.2 Å². The fraction of sp³-hybridized carbons (Fsp3) is 0.667. The highest BCUT2D eigenvalue weighted by molar-refractivity contribution is 6.01. The maximum absolute atomic E-state index is 12.5. The van der Waals surface area contributed by atoms with Crippen molar-refractivity contribution in [2.24, 2.45) is 18.7 Å². The van der Waals surface area contributed by atoms with Gasteiger partial charge >= 0.3 is 0 Å². The van der Waals surface area contributed by atoms with Gasteiger partial charge in [0.25, 0.3) is 5.91 Å². The molecule has 122 valence electrons. The molecule has 1 aliphatic heterocycles. The number of nitrogens with one attached hydrogen (secondary N) is 1. The van der Waals surface area contributed by atoms with E-state index in [1.54, 1.807) is 16.6 Å². The van der Waals surface area contributed by atoms with Crippen molar-refractivity contribution in [2.75, 3.05) is 11.4 Å². The summed E-state index contributed by atoms with van der Waals surface area (Å²) >= 11 is 0. The summed E-state index contributed by atoms with van der Waals surface area (Å²) in [5, 5.41) is 7.04. The van der Waals surface area contributed by atoms with Gasteiger partial charge in [-0.2, -0.15) is 5.10 Å². The van der Waals surface area contributed by atoms with Crippen molar-refractivity contribution < 1.29 is 9.59 Å². The summed E-state index contributed by atoms with van der Waals surface area (Å²) < 4.78 is 1.68. The fourth-order valence-corrected chi connectivity index (χ4v) is 2.67. The lowest BCUT2D eigenvalue weighted by Gasteiger charge is -2.21. The van der Waals surface area contributed by atoms with Crippen LogP contribution in [0.15, 0.2) is 6.07 Å². The standard InChI is InChI=1S/C15H25N5O2/c1-5-9(2)13(16)14(21)17-11-6-7-20(15(11)22)12-8-10(3)18-19(12)4/h8-9,11,13H,5-7,16H2,1-4H3,(H,17,21). The number of carbonyl (C=O) groups excluding carboxylic acids is 2. The van der Waals surface area contributed by atoms with E-state index in [1.165, 1.54) is 0 Å². The first kappa shape index (κ1) is 16.5. The minimum Gasteiger partial charge on any atom is -0.343 e. The van der Waals surface area contributed by atoms with Gasteiger partial charge in [0.1, 0.15) is 11.9 Å². The molecule has 22 heavy (non-hydrogen) atoms. The van der Waals surface area contributed by atoms with Crippen molar-refractivity contribution in [3.63, 3.8) is 0 Å². The van der Waals surface area contributed by atoms with E-state index in [0.717, 1.165) is 17.9 Å². The summed E-state index contributed by atoms with van der Waals surface area (Å²) in [6.45, 7) is 6.38. The highest BCUT2D eigenvalue weighted by Crippen LogP contribution is 2.22. The zero-order valence-electron chi connectivity index (χ0n) is 13.7. The maximum Gasteiger partial charge on any atom is 0.250 e. The molecular weight excluding hydrogens is 282 g/mol. The summed E-state index contributed by atoms with van der Waals surface area (Å²) in [6.07, 6.45) is 1.41. The van der Waals surface area contributed by atoms with E-state index in [2.05, 4.69) is 10.4 Å². The average molecular weight is 307 g/mol. The number of nitrogens with zero attached hydrogens (tertiary/aromatic N) is 3. The lowest BCUT2D eigenvalue weighted by atomic mass is 9.99. The number of anilines is 1. The van der Waals surface area contributed by atoms with Crippen LogP contribution in [0.2, 0.25) is 0 Å². The molecule has 3 N–H and O–H groups in total. The van der Waals surface area contributed by atoms with Gasteiger partial charge in [-0.15, -0.1) is 0 Å². The third-order valence-corrected chi connectivity index (χ3v) is 4.34. The lowest BCUT2D eigenvalue weighted by Crippen LogP contribution is -2.50. The molecule has 0 aliphatic carbocycles. The molecule has 1 aromatic heterocycles. The molecule has 0 radical (unpaired) electrons. The molecule has 7 nitrogen and oxygen atoms in total. The van der Waals surface area contributed by atoms with Crippen molar-refractivity contribution in [3.05, 3.63) is 11.8 Å².